The second-order valence-electron chi connectivity index (χ2n) is 6.48. The summed E-state index contributed by atoms with van der Waals surface area (Å²) in [4.78, 5) is 25.4. The molecule has 0 aliphatic carbocycles. The van der Waals surface area contributed by atoms with Crippen LogP contribution >= 0.6 is 34.7 Å². The number of benzene rings is 1. The van der Waals surface area contributed by atoms with E-state index < -0.39 is 5.97 Å². The van der Waals surface area contributed by atoms with Crippen molar-refractivity contribution in [2.24, 2.45) is 0 Å². The van der Waals surface area contributed by atoms with Crippen LogP contribution in [0.25, 0.3) is 11.4 Å². The fourth-order valence-corrected chi connectivity index (χ4v) is 4.74. The number of amides is 1. The SMILES string of the molecule is C=CCn1c(SCC(=O)Nc2sc(C)cc2C(=O)OC)nnc1-c1cc(Cl)ccc1OC. The van der Waals surface area contributed by atoms with Crippen molar-refractivity contribution in [1.82, 2.24) is 14.8 Å². The molecule has 0 saturated carbocycles. The number of hydrogen-bond acceptors (Lipinski definition) is 8. The summed E-state index contributed by atoms with van der Waals surface area (Å²) < 4.78 is 12.0. The van der Waals surface area contributed by atoms with E-state index in [0.717, 1.165) is 4.88 Å². The molecule has 0 saturated heterocycles. The monoisotopic (exact) mass is 492 g/mol. The summed E-state index contributed by atoms with van der Waals surface area (Å²) in [6.07, 6.45) is 1.71. The standard InChI is InChI=1S/C21H21ClN4O4S2/c1-5-8-26-18(14-10-13(22)6-7-16(14)29-3)24-25-21(26)31-11-17(27)23-19-15(20(28)30-4)9-12(2)32-19/h5-7,9-10H,1,8,11H2,2-4H3,(H,23,27). The first kappa shape index (κ1) is 23.8. The molecule has 2 aromatic heterocycles. The van der Waals surface area contributed by atoms with Crippen LogP contribution in [0.2, 0.25) is 5.02 Å². The summed E-state index contributed by atoms with van der Waals surface area (Å²) in [5.74, 6) is 0.443. The van der Waals surface area contributed by atoms with Crippen LogP contribution in [0.15, 0.2) is 42.1 Å². The lowest BCUT2D eigenvalue weighted by atomic mass is 10.2. The minimum atomic E-state index is -0.497. The van der Waals surface area contributed by atoms with Gasteiger partial charge < -0.3 is 14.8 Å². The molecule has 1 aromatic carbocycles. The number of allylic oxidation sites excluding steroid dienone is 1. The molecule has 0 bridgehead atoms. The number of thioether (sulfide) groups is 1. The lowest BCUT2D eigenvalue weighted by Gasteiger charge is -2.11. The average Bonchev–Trinajstić information content (AvgIpc) is 3.34. The van der Waals surface area contributed by atoms with Crippen molar-refractivity contribution in [2.75, 3.05) is 25.3 Å². The van der Waals surface area contributed by atoms with Crippen molar-refractivity contribution in [3.63, 3.8) is 0 Å². The van der Waals surface area contributed by atoms with Gasteiger partial charge in [0.15, 0.2) is 11.0 Å². The highest BCUT2D eigenvalue weighted by Gasteiger charge is 2.20. The normalized spacial score (nSPS) is 10.6. The van der Waals surface area contributed by atoms with Crippen LogP contribution in [0.1, 0.15) is 15.2 Å². The van der Waals surface area contributed by atoms with E-state index in [1.54, 1.807) is 37.5 Å². The number of aryl methyl sites for hydroxylation is 1. The molecule has 0 fully saturated rings. The zero-order valence-electron chi connectivity index (χ0n) is 17.7. The average molecular weight is 493 g/mol. The molecule has 1 N–H and O–H groups in total. The number of rotatable bonds is 9. The van der Waals surface area contributed by atoms with Gasteiger partial charge in [0.2, 0.25) is 5.91 Å². The van der Waals surface area contributed by atoms with E-state index in [1.807, 2.05) is 11.5 Å². The first-order valence-corrected chi connectivity index (χ1v) is 11.5. The van der Waals surface area contributed by atoms with E-state index in [2.05, 4.69) is 22.1 Å². The van der Waals surface area contributed by atoms with Crippen molar-refractivity contribution in [3.8, 4) is 17.1 Å². The van der Waals surface area contributed by atoms with Gasteiger partial charge in [-0.25, -0.2) is 4.79 Å². The van der Waals surface area contributed by atoms with E-state index in [4.69, 9.17) is 21.1 Å². The van der Waals surface area contributed by atoms with E-state index in [0.29, 0.717) is 44.4 Å². The van der Waals surface area contributed by atoms with E-state index >= 15 is 0 Å². The largest absolute Gasteiger partial charge is 0.496 e. The predicted octanol–water partition coefficient (Wildman–Crippen LogP) is 4.68. The zero-order valence-corrected chi connectivity index (χ0v) is 20.1. The van der Waals surface area contributed by atoms with E-state index in [9.17, 15) is 9.59 Å². The summed E-state index contributed by atoms with van der Waals surface area (Å²) in [5.41, 5.74) is 1.01. The van der Waals surface area contributed by atoms with Gasteiger partial charge in [0.25, 0.3) is 0 Å². The van der Waals surface area contributed by atoms with Gasteiger partial charge in [-0.3, -0.25) is 9.36 Å². The molecule has 8 nitrogen and oxygen atoms in total. The van der Waals surface area contributed by atoms with Crippen LogP contribution in [-0.4, -0.2) is 46.6 Å². The summed E-state index contributed by atoms with van der Waals surface area (Å²) in [5, 5.41) is 12.8. The first-order chi connectivity index (χ1) is 15.4. The number of halogens is 1. The van der Waals surface area contributed by atoms with Crippen LogP contribution in [0.4, 0.5) is 5.00 Å². The Labute approximate surface area is 198 Å². The van der Waals surface area contributed by atoms with Gasteiger partial charge in [0, 0.05) is 16.4 Å². The lowest BCUT2D eigenvalue weighted by Crippen LogP contribution is -2.16. The van der Waals surface area contributed by atoms with Crippen LogP contribution in [0.5, 0.6) is 5.75 Å². The topological polar surface area (TPSA) is 95.3 Å². The lowest BCUT2D eigenvalue weighted by molar-refractivity contribution is -0.113. The molecule has 32 heavy (non-hydrogen) atoms. The molecule has 0 spiro atoms. The van der Waals surface area contributed by atoms with Gasteiger partial charge in [0.05, 0.1) is 31.1 Å². The third kappa shape index (κ3) is 5.32. The quantitative estimate of drug-likeness (QED) is 0.263. The summed E-state index contributed by atoms with van der Waals surface area (Å²) >= 11 is 8.69. The number of esters is 1. The number of thiophene rings is 1. The minimum absolute atomic E-state index is 0.0690. The van der Waals surface area contributed by atoms with Gasteiger partial charge in [-0.2, -0.15) is 0 Å². The van der Waals surface area contributed by atoms with Gasteiger partial charge in [0.1, 0.15) is 10.8 Å². The maximum atomic E-state index is 12.6. The number of methoxy groups -OCH3 is 2. The Bertz CT molecular complexity index is 1160. The molecular formula is C21H21ClN4O4S2. The summed E-state index contributed by atoms with van der Waals surface area (Å²) in [6, 6.07) is 6.92. The van der Waals surface area contributed by atoms with Crippen molar-refractivity contribution in [1.29, 1.82) is 0 Å². The molecule has 3 aromatic rings. The Balaban J connectivity index is 1.79. The highest BCUT2D eigenvalue weighted by molar-refractivity contribution is 7.99. The smallest absolute Gasteiger partial charge is 0.340 e. The Hall–Kier alpha value is -2.82. The van der Waals surface area contributed by atoms with Crippen LogP contribution in [0, 0.1) is 6.92 Å². The van der Waals surface area contributed by atoms with E-state index in [-0.39, 0.29) is 11.7 Å². The zero-order chi connectivity index (χ0) is 23.3. The maximum absolute atomic E-state index is 12.6. The van der Waals surface area contributed by atoms with Crippen LogP contribution in [0.3, 0.4) is 0 Å². The van der Waals surface area contributed by atoms with Crippen molar-refractivity contribution >= 4 is 51.6 Å². The number of carbonyl (C=O) groups excluding carboxylic acids is 2. The van der Waals surface area contributed by atoms with Crippen molar-refractivity contribution in [2.45, 2.75) is 18.6 Å². The van der Waals surface area contributed by atoms with E-state index in [1.165, 1.54) is 30.2 Å². The van der Waals surface area contributed by atoms with Crippen molar-refractivity contribution < 1.29 is 19.1 Å². The number of anilines is 1. The summed E-state index contributed by atoms with van der Waals surface area (Å²) in [7, 11) is 2.87. The second kappa shape index (κ2) is 10.7. The van der Waals surface area contributed by atoms with Crippen LogP contribution < -0.4 is 10.1 Å². The van der Waals surface area contributed by atoms with Crippen molar-refractivity contribution in [3.05, 3.63) is 52.4 Å². The Morgan fingerprint density at radius 3 is 2.78 bits per heavy atom. The fraction of sp³-hybridized carbons (Fsp3) is 0.238. The molecule has 0 aliphatic rings. The number of nitrogens with one attached hydrogen (secondary N) is 1. The van der Waals surface area contributed by atoms with Gasteiger partial charge in [-0.05, 0) is 31.2 Å². The highest BCUT2D eigenvalue weighted by atomic mass is 35.5. The number of ether oxygens (including phenoxy) is 2. The number of carbonyl (C=O) groups is 2. The van der Waals surface area contributed by atoms with Gasteiger partial charge in [-0.15, -0.1) is 28.1 Å². The molecule has 0 unspecified atom stereocenters. The molecule has 0 aliphatic heterocycles. The molecular weight excluding hydrogens is 472 g/mol. The van der Waals surface area contributed by atoms with Gasteiger partial charge >= 0.3 is 5.97 Å². The molecule has 11 heteroatoms. The molecule has 2 heterocycles. The number of nitrogens with zero attached hydrogens (tertiary/aromatic N) is 3. The second-order valence-corrected chi connectivity index (χ2v) is 9.11. The Morgan fingerprint density at radius 2 is 2.09 bits per heavy atom. The Morgan fingerprint density at radius 1 is 1.31 bits per heavy atom. The predicted molar refractivity (Wildman–Crippen MR) is 127 cm³/mol. The third-order valence-electron chi connectivity index (χ3n) is 4.28. The summed E-state index contributed by atoms with van der Waals surface area (Å²) in [6.45, 7) is 6.08. The Kier molecular flexibility index (Phi) is 7.94. The molecule has 0 radical (unpaired) electrons. The third-order valence-corrected chi connectivity index (χ3v) is 6.44. The number of hydrogen-bond donors (Lipinski definition) is 1. The fourth-order valence-electron chi connectivity index (χ4n) is 2.90. The minimum Gasteiger partial charge on any atom is -0.496 e. The van der Waals surface area contributed by atoms with Gasteiger partial charge in [-0.1, -0.05) is 29.4 Å². The molecule has 3 rings (SSSR count). The first-order valence-electron chi connectivity index (χ1n) is 9.37. The van der Waals surface area contributed by atoms with Crippen LogP contribution in [-0.2, 0) is 16.1 Å². The molecule has 1 amide bonds. The maximum Gasteiger partial charge on any atom is 0.340 e. The number of aromatic nitrogens is 3. The molecule has 0 atom stereocenters. The molecule has 168 valence electrons. The highest BCUT2D eigenvalue weighted by Crippen LogP contribution is 2.34.